The Labute approximate surface area is 97.7 Å². The third-order valence-electron chi connectivity index (χ3n) is 2.25. The van der Waals surface area contributed by atoms with Gasteiger partial charge >= 0.3 is 0 Å². The monoisotopic (exact) mass is 230 g/mol. The average Bonchev–Trinajstić information content (AvgIpc) is 2.35. The maximum atomic E-state index is 10.7. The summed E-state index contributed by atoms with van der Waals surface area (Å²) in [4.78, 5) is 10.7. The Balaban J connectivity index is 2.37. The van der Waals surface area contributed by atoms with Crippen LogP contribution in [0.3, 0.4) is 0 Å². The number of carbonyl (C=O) groups excluding carboxylic acids is 1. The molecule has 0 aliphatic rings. The molecule has 0 fully saturated rings. The maximum absolute atomic E-state index is 10.7. The van der Waals surface area contributed by atoms with Gasteiger partial charge in [0, 0.05) is 0 Å². The zero-order valence-corrected chi connectivity index (χ0v) is 8.83. The van der Waals surface area contributed by atoms with Gasteiger partial charge in [0.2, 0.25) is 0 Å². The van der Waals surface area contributed by atoms with E-state index in [0.29, 0.717) is 12.0 Å². The fourth-order valence-corrected chi connectivity index (χ4v) is 1.39. The maximum Gasteiger partial charge on any atom is 0.172 e. The van der Waals surface area contributed by atoms with Crippen LogP contribution in [0.4, 0.5) is 0 Å². The zero-order valence-electron chi connectivity index (χ0n) is 8.83. The van der Waals surface area contributed by atoms with Crippen LogP contribution in [0.5, 0.6) is 23.0 Å². The second-order valence-corrected chi connectivity index (χ2v) is 3.38. The fraction of sp³-hybridized carbons (Fsp3) is 0. The SMILES string of the molecule is O=Cc1c(O)ccc(Oc2ccccc2)c1O. The van der Waals surface area contributed by atoms with Gasteiger partial charge in [0.1, 0.15) is 17.1 Å². The van der Waals surface area contributed by atoms with E-state index < -0.39 is 0 Å². The molecule has 2 N–H and O–H groups in total. The van der Waals surface area contributed by atoms with Crippen molar-refractivity contribution in [2.24, 2.45) is 0 Å². The molecule has 0 atom stereocenters. The topological polar surface area (TPSA) is 66.8 Å². The summed E-state index contributed by atoms with van der Waals surface area (Å²) in [5, 5.41) is 19.0. The summed E-state index contributed by atoms with van der Waals surface area (Å²) in [6, 6.07) is 11.5. The lowest BCUT2D eigenvalue weighted by molar-refractivity contribution is 0.111. The normalized spacial score (nSPS) is 9.88. The van der Waals surface area contributed by atoms with E-state index in [1.165, 1.54) is 12.1 Å². The van der Waals surface area contributed by atoms with Crippen molar-refractivity contribution in [3.8, 4) is 23.0 Å². The second kappa shape index (κ2) is 4.57. The molecule has 2 aromatic rings. The third kappa shape index (κ3) is 2.20. The van der Waals surface area contributed by atoms with Crippen LogP contribution in [0.2, 0.25) is 0 Å². The number of hydrogen-bond donors (Lipinski definition) is 2. The number of aromatic hydroxyl groups is 2. The van der Waals surface area contributed by atoms with Crippen LogP contribution in [-0.2, 0) is 0 Å². The molecule has 0 unspecified atom stereocenters. The van der Waals surface area contributed by atoms with E-state index in [1.807, 2.05) is 6.07 Å². The van der Waals surface area contributed by atoms with Crippen LogP contribution in [0, 0.1) is 0 Å². The van der Waals surface area contributed by atoms with Crippen LogP contribution in [0.15, 0.2) is 42.5 Å². The van der Waals surface area contributed by atoms with Crippen molar-refractivity contribution in [2.45, 2.75) is 0 Å². The van der Waals surface area contributed by atoms with Gasteiger partial charge in [-0.15, -0.1) is 0 Å². The zero-order chi connectivity index (χ0) is 12.3. The number of aldehydes is 1. The van der Waals surface area contributed by atoms with Gasteiger partial charge < -0.3 is 14.9 Å². The summed E-state index contributed by atoms with van der Waals surface area (Å²) in [5.41, 5.74) is -0.182. The number of ether oxygens (including phenoxy) is 1. The van der Waals surface area contributed by atoms with Gasteiger partial charge in [0.25, 0.3) is 0 Å². The lowest BCUT2D eigenvalue weighted by Crippen LogP contribution is -1.89. The number of rotatable bonds is 3. The van der Waals surface area contributed by atoms with Crippen LogP contribution in [0.25, 0.3) is 0 Å². The number of para-hydroxylation sites is 1. The van der Waals surface area contributed by atoms with Gasteiger partial charge in [-0.2, -0.15) is 0 Å². The van der Waals surface area contributed by atoms with Crippen molar-refractivity contribution < 1.29 is 19.7 Å². The highest BCUT2D eigenvalue weighted by molar-refractivity contribution is 5.85. The molecule has 0 amide bonds. The number of phenols is 2. The standard InChI is InChI=1S/C13H10O4/c14-8-10-11(15)6-7-12(13(10)16)17-9-4-2-1-3-5-9/h1-8,15-16H. The van der Waals surface area contributed by atoms with Crippen LogP contribution >= 0.6 is 0 Å². The van der Waals surface area contributed by atoms with Crippen molar-refractivity contribution >= 4 is 6.29 Å². The molecule has 0 aromatic heterocycles. The summed E-state index contributed by atoms with van der Waals surface area (Å²) >= 11 is 0. The Morgan fingerprint density at radius 2 is 1.71 bits per heavy atom. The molecule has 4 heteroatoms. The summed E-state index contributed by atoms with van der Waals surface area (Å²) in [5.74, 6) is 0.00297. The van der Waals surface area contributed by atoms with E-state index in [1.54, 1.807) is 24.3 Å². The summed E-state index contributed by atoms with van der Waals surface area (Å²) in [6.07, 6.45) is 0.377. The predicted molar refractivity (Wildman–Crippen MR) is 61.7 cm³/mol. The van der Waals surface area contributed by atoms with Gasteiger partial charge in [-0.25, -0.2) is 0 Å². The quantitative estimate of drug-likeness (QED) is 0.795. The predicted octanol–water partition coefficient (Wildman–Crippen LogP) is 2.70. The summed E-state index contributed by atoms with van der Waals surface area (Å²) in [6.45, 7) is 0. The fourth-order valence-electron chi connectivity index (χ4n) is 1.39. The molecule has 0 radical (unpaired) electrons. The molecule has 0 heterocycles. The Morgan fingerprint density at radius 1 is 1.00 bits per heavy atom. The number of hydrogen-bond acceptors (Lipinski definition) is 4. The van der Waals surface area contributed by atoms with E-state index in [-0.39, 0.29) is 22.8 Å². The minimum atomic E-state index is -0.371. The molecule has 0 aliphatic heterocycles. The van der Waals surface area contributed by atoms with Gasteiger partial charge in [-0.1, -0.05) is 18.2 Å². The van der Waals surface area contributed by atoms with Gasteiger partial charge in [-0.3, -0.25) is 4.79 Å². The largest absolute Gasteiger partial charge is 0.507 e. The molecule has 0 saturated heterocycles. The molecule has 0 bridgehead atoms. The van der Waals surface area contributed by atoms with Crippen LogP contribution in [-0.4, -0.2) is 16.5 Å². The Bertz CT molecular complexity index is 535. The molecule has 2 aromatic carbocycles. The first kappa shape index (κ1) is 11.0. The Hall–Kier alpha value is -2.49. The van der Waals surface area contributed by atoms with Crippen molar-refractivity contribution in [1.29, 1.82) is 0 Å². The highest BCUT2D eigenvalue weighted by atomic mass is 16.5. The smallest absolute Gasteiger partial charge is 0.172 e. The van der Waals surface area contributed by atoms with E-state index >= 15 is 0 Å². The van der Waals surface area contributed by atoms with E-state index in [9.17, 15) is 15.0 Å². The first-order valence-electron chi connectivity index (χ1n) is 4.95. The molecule has 86 valence electrons. The Morgan fingerprint density at radius 3 is 2.35 bits per heavy atom. The van der Waals surface area contributed by atoms with Gasteiger partial charge in [0.15, 0.2) is 17.8 Å². The Kier molecular flexibility index (Phi) is 2.96. The number of carbonyl (C=O) groups is 1. The highest BCUT2D eigenvalue weighted by Crippen LogP contribution is 2.37. The molecular formula is C13H10O4. The van der Waals surface area contributed by atoms with Crippen molar-refractivity contribution in [1.82, 2.24) is 0 Å². The third-order valence-corrected chi connectivity index (χ3v) is 2.25. The molecule has 0 spiro atoms. The summed E-state index contributed by atoms with van der Waals surface area (Å²) < 4.78 is 5.39. The average molecular weight is 230 g/mol. The molecule has 0 aliphatic carbocycles. The lowest BCUT2D eigenvalue weighted by atomic mass is 10.2. The minimum absolute atomic E-state index is 0.121. The molecule has 17 heavy (non-hydrogen) atoms. The van der Waals surface area contributed by atoms with E-state index in [4.69, 9.17) is 4.74 Å². The first-order valence-corrected chi connectivity index (χ1v) is 4.95. The molecular weight excluding hydrogens is 220 g/mol. The first-order chi connectivity index (χ1) is 8.22. The summed E-state index contributed by atoms with van der Waals surface area (Å²) in [7, 11) is 0. The van der Waals surface area contributed by atoms with E-state index in [0.717, 1.165) is 0 Å². The minimum Gasteiger partial charge on any atom is -0.507 e. The highest BCUT2D eigenvalue weighted by Gasteiger charge is 2.12. The number of phenolic OH excluding ortho intramolecular Hbond substituents is 2. The van der Waals surface area contributed by atoms with Crippen molar-refractivity contribution in [2.75, 3.05) is 0 Å². The van der Waals surface area contributed by atoms with Crippen molar-refractivity contribution in [3.63, 3.8) is 0 Å². The van der Waals surface area contributed by atoms with Crippen LogP contribution in [0.1, 0.15) is 10.4 Å². The molecule has 0 saturated carbocycles. The van der Waals surface area contributed by atoms with E-state index in [2.05, 4.69) is 0 Å². The molecule has 4 nitrogen and oxygen atoms in total. The van der Waals surface area contributed by atoms with Crippen molar-refractivity contribution in [3.05, 3.63) is 48.0 Å². The lowest BCUT2D eigenvalue weighted by Gasteiger charge is -2.09. The second-order valence-electron chi connectivity index (χ2n) is 3.38. The van der Waals surface area contributed by atoms with Gasteiger partial charge in [0.05, 0.1) is 0 Å². The number of benzene rings is 2. The van der Waals surface area contributed by atoms with Gasteiger partial charge in [-0.05, 0) is 24.3 Å². The molecule has 2 rings (SSSR count). The van der Waals surface area contributed by atoms with Crippen LogP contribution < -0.4 is 4.74 Å².